The van der Waals surface area contributed by atoms with Gasteiger partial charge in [-0.3, -0.25) is 4.79 Å². The summed E-state index contributed by atoms with van der Waals surface area (Å²) in [6.07, 6.45) is -1.09. The lowest BCUT2D eigenvalue weighted by atomic mass is 10.1. The molecule has 1 atom stereocenters. The van der Waals surface area contributed by atoms with Gasteiger partial charge in [-0.15, -0.1) is 0 Å². The average molecular weight is 388 g/mol. The molecule has 1 amide bonds. The van der Waals surface area contributed by atoms with Crippen molar-refractivity contribution >= 4 is 29.2 Å². The monoisotopic (exact) mass is 387 g/mol. The van der Waals surface area contributed by atoms with Crippen molar-refractivity contribution in [2.75, 3.05) is 5.32 Å². The summed E-state index contributed by atoms with van der Waals surface area (Å²) in [5.74, 6) is -1.80. The van der Waals surface area contributed by atoms with Crippen LogP contribution >= 0.6 is 11.6 Å². The molecule has 0 aliphatic rings. The van der Waals surface area contributed by atoms with Crippen molar-refractivity contribution < 1.29 is 23.1 Å². The number of hydrogen-bond acceptors (Lipinski definition) is 4. The van der Waals surface area contributed by atoms with Crippen LogP contribution in [0.4, 0.5) is 10.1 Å². The highest BCUT2D eigenvalue weighted by Crippen LogP contribution is 2.25. The van der Waals surface area contributed by atoms with Crippen LogP contribution in [0, 0.1) is 5.82 Å². The van der Waals surface area contributed by atoms with Gasteiger partial charge < -0.3 is 14.5 Å². The second-order valence-corrected chi connectivity index (χ2v) is 6.07. The SMILES string of the molecule is CC(OC(=O)c1ccc(-c2ccccc2F)o1)C(=O)Nc1ccccc1Cl. The van der Waals surface area contributed by atoms with Gasteiger partial charge in [-0.1, -0.05) is 35.9 Å². The normalized spacial score (nSPS) is 11.7. The van der Waals surface area contributed by atoms with E-state index in [1.165, 1.54) is 31.2 Å². The third-order valence-corrected chi connectivity index (χ3v) is 4.06. The van der Waals surface area contributed by atoms with Crippen molar-refractivity contribution in [1.29, 1.82) is 0 Å². The molecule has 27 heavy (non-hydrogen) atoms. The fourth-order valence-electron chi connectivity index (χ4n) is 2.32. The Hall–Kier alpha value is -3.12. The zero-order valence-electron chi connectivity index (χ0n) is 14.2. The number of halogens is 2. The molecule has 0 spiro atoms. The lowest BCUT2D eigenvalue weighted by molar-refractivity contribution is -0.123. The van der Waals surface area contributed by atoms with Gasteiger partial charge in [-0.05, 0) is 43.3 Å². The predicted molar refractivity (Wildman–Crippen MR) is 99.1 cm³/mol. The summed E-state index contributed by atoms with van der Waals surface area (Å²) in [5, 5.41) is 2.94. The maximum absolute atomic E-state index is 13.8. The first kappa shape index (κ1) is 18.7. The van der Waals surface area contributed by atoms with Gasteiger partial charge in [-0.25, -0.2) is 9.18 Å². The van der Waals surface area contributed by atoms with E-state index in [0.29, 0.717) is 10.7 Å². The van der Waals surface area contributed by atoms with E-state index in [0.717, 1.165) is 0 Å². The van der Waals surface area contributed by atoms with Crippen LogP contribution in [0.15, 0.2) is 65.1 Å². The minimum absolute atomic E-state index is 0.134. The van der Waals surface area contributed by atoms with E-state index in [1.807, 2.05) is 0 Å². The highest BCUT2D eigenvalue weighted by atomic mass is 35.5. The number of carbonyl (C=O) groups excluding carboxylic acids is 2. The second-order valence-electron chi connectivity index (χ2n) is 5.66. The number of nitrogens with one attached hydrogen (secondary N) is 1. The smallest absolute Gasteiger partial charge is 0.375 e. The van der Waals surface area contributed by atoms with Gasteiger partial charge in [0, 0.05) is 0 Å². The molecule has 3 aromatic rings. The second kappa shape index (κ2) is 8.05. The Morgan fingerprint density at radius 1 is 1.07 bits per heavy atom. The van der Waals surface area contributed by atoms with Gasteiger partial charge in [0.1, 0.15) is 11.6 Å². The van der Waals surface area contributed by atoms with E-state index >= 15 is 0 Å². The van der Waals surface area contributed by atoms with Crippen LogP contribution in [0.3, 0.4) is 0 Å². The Balaban J connectivity index is 1.66. The topological polar surface area (TPSA) is 68.5 Å². The molecular weight excluding hydrogens is 373 g/mol. The van der Waals surface area contributed by atoms with Crippen LogP contribution in [0.25, 0.3) is 11.3 Å². The highest BCUT2D eigenvalue weighted by molar-refractivity contribution is 6.33. The van der Waals surface area contributed by atoms with Crippen LogP contribution in [0.2, 0.25) is 5.02 Å². The Kier molecular flexibility index (Phi) is 5.57. The summed E-state index contributed by atoms with van der Waals surface area (Å²) in [6.45, 7) is 1.42. The van der Waals surface area contributed by atoms with Crippen molar-refractivity contribution in [3.05, 3.63) is 77.3 Å². The third-order valence-electron chi connectivity index (χ3n) is 3.73. The van der Waals surface area contributed by atoms with E-state index in [4.69, 9.17) is 20.8 Å². The van der Waals surface area contributed by atoms with Crippen molar-refractivity contribution in [2.24, 2.45) is 0 Å². The first-order valence-electron chi connectivity index (χ1n) is 8.07. The Morgan fingerprint density at radius 2 is 1.78 bits per heavy atom. The van der Waals surface area contributed by atoms with E-state index < -0.39 is 23.8 Å². The molecule has 5 nitrogen and oxygen atoms in total. The molecule has 0 saturated heterocycles. The van der Waals surface area contributed by atoms with Crippen LogP contribution in [-0.2, 0) is 9.53 Å². The Bertz CT molecular complexity index is 985. The summed E-state index contributed by atoms with van der Waals surface area (Å²) in [6, 6.07) is 15.5. The molecule has 138 valence electrons. The molecule has 0 radical (unpaired) electrons. The first-order chi connectivity index (χ1) is 13.0. The molecule has 0 fully saturated rings. The maximum atomic E-state index is 13.8. The van der Waals surface area contributed by atoms with E-state index in [-0.39, 0.29) is 17.1 Å². The van der Waals surface area contributed by atoms with Crippen molar-refractivity contribution in [3.8, 4) is 11.3 Å². The van der Waals surface area contributed by atoms with E-state index in [2.05, 4.69) is 5.32 Å². The number of amides is 1. The molecule has 0 aliphatic heterocycles. The van der Waals surface area contributed by atoms with Crippen LogP contribution in [0.1, 0.15) is 17.5 Å². The van der Waals surface area contributed by atoms with Gasteiger partial charge >= 0.3 is 5.97 Å². The summed E-state index contributed by atoms with van der Waals surface area (Å²) in [4.78, 5) is 24.4. The van der Waals surface area contributed by atoms with Crippen molar-refractivity contribution in [2.45, 2.75) is 13.0 Å². The number of ether oxygens (including phenoxy) is 1. The molecule has 1 unspecified atom stereocenters. The van der Waals surface area contributed by atoms with Crippen molar-refractivity contribution in [1.82, 2.24) is 0 Å². The van der Waals surface area contributed by atoms with Gasteiger partial charge in [0.2, 0.25) is 5.76 Å². The molecule has 3 rings (SSSR count). The highest BCUT2D eigenvalue weighted by Gasteiger charge is 2.22. The number of para-hydroxylation sites is 1. The fourth-order valence-corrected chi connectivity index (χ4v) is 2.51. The number of furan rings is 1. The fraction of sp³-hybridized carbons (Fsp3) is 0.100. The number of anilines is 1. The van der Waals surface area contributed by atoms with Crippen LogP contribution in [0.5, 0.6) is 0 Å². The van der Waals surface area contributed by atoms with Gasteiger partial charge in [-0.2, -0.15) is 0 Å². The summed E-state index contributed by atoms with van der Waals surface area (Å²) in [7, 11) is 0. The Morgan fingerprint density at radius 3 is 2.52 bits per heavy atom. The number of hydrogen-bond donors (Lipinski definition) is 1. The lowest BCUT2D eigenvalue weighted by Crippen LogP contribution is -2.30. The molecule has 2 aromatic carbocycles. The molecule has 1 heterocycles. The van der Waals surface area contributed by atoms with E-state index in [9.17, 15) is 14.0 Å². The number of esters is 1. The molecule has 0 bridgehead atoms. The van der Waals surface area contributed by atoms with Gasteiger partial charge in [0.25, 0.3) is 5.91 Å². The number of rotatable bonds is 5. The number of carbonyl (C=O) groups is 2. The maximum Gasteiger partial charge on any atom is 0.375 e. The Labute approximate surface area is 159 Å². The summed E-state index contributed by atoms with van der Waals surface area (Å²) in [5.41, 5.74) is 0.632. The first-order valence-corrected chi connectivity index (χ1v) is 8.44. The standard InChI is InChI=1S/C20H15ClFNO4/c1-12(19(24)23-16-9-5-3-7-14(16)21)26-20(25)18-11-10-17(27-18)13-6-2-4-8-15(13)22/h2-12H,1H3,(H,23,24). The largest absolute Gasteiger partial charge is 0.449 e. The minimum Gasteiger partial charge on any atom is -0.449 e. The summed E-state index contributed by atoms with van der Waals surface area (Å²) < 4.78 is 24.3. The quantitative estimate of drug-likeness (QED) is 0.631. The average Bonchev–Trinajstić information content (AvgIpc) is 3.14. The van der Waals surface area contributed by atoms with Gasteiger partial charge in [0.15, 0.2) is 6.10 Å². The van der Waals surface area contributed by atoms with Crippen LogP contribution < -0.4 is 5.32 Å². The molecule has 1 aromatic heterocycles. The number of benzene rings is 2. The zero-order chi connectivity index (χ0) is 19.4. The molecular formula is C20H15ClFNO4. The molecule has 0 saturated carbocycles. The van der Waals surface area contributed by atoms with Crippen LogP contribution in [-0.4, -0.2) is 18.0 Å². The summed E-state index contributed by atoms with van der Waals surface area (Å²) >= 11 is 5.98. The van der Waals surface area contributed by atoms with Gasteiger partial charge in [0.05, 0.1) is 16.3 Å². The van der Waals surface area contributed by atoms with Crippen molar-refractivity contribution in [3.63, 3.8) is 0 Å². The molecule has 7 heteroatoms. The van der Waals surface area contributed by atoms with E-state index in [1.54, 1.807) is 36.4 Å². The lowest BCUT2D eigenvalue weighted by Gasteiger charge is -2.13. The minimum atomic E-state index is -1.09. The zero-order valence-corrected chi connectivity index (χ0v) is 15.0. The molecule has 1 N–H and O–H groups in total. The molecule has 0 aliphatic carbocycles. The predicted octanol–water partition coefficient (Wildman–Crippen LogP) is 4.92. The third kappa shape index (κ3) is 4.35.